The Labute approximate surface area is 197 Å². The molecule has 0 N–H and O–H groups in total. The average Bonchev–Trinajstić information content (AvgIpc) is 3.17. The van der Waals surface area contributed by atoms with Gasteiger partial charge in [0.2, 0.25) is 5.91 Å². The summed E-state index contributed by atoms with van der Waals surface area (Å²) in [5.74, 6) is -0.463. The van der Waals surface area contributed by atoms with Gasteiger partial charge in [0.1, 0.15) is 6.61 Å². The van der Waals surface area contributed by atoms with Crippen LogP contribution in [-0.2, 0) is 38.6 Å². The van der Waals surface area contributed by atoms with Crippen molar-refractivity contribution in [1.29, 1.82) is 0 Å². The second-order valence-corrected chi connectivity index (χ2v) is 9.07. The zero-order chi connectivity index (χ0) is 24.1. The Balaban J connectivity index is 1.68. The highest BCUT2D eigenvalue weighted by atomic mass is 16.6. The number of hydrogen-bond acceptors (Lipinski definition) is 6. The molecule has 4 heterocycles. The summed E-state index contributed by atoms with van der Waals surface area (Å²) in [5, 5.41) is 1.02. The molecule has 3 aromatic rings. The van der Waals surface area contributed by atoms with E-state index in [1.165, 1.54) is 7.11 Å². The molecule has 34 heavy (non-hydrogen) atoms. The van der Waals surface area contributed by atoms with Crippen molar-refractivity contribution in [3.63, 3.8) is 0 Å². The van der Waals surface area contributed by atoms with Crippen molar-refractivity contribution in [2.75, 3.05) is 13.7 Å². The van der Waals surface area contributed by atoms with Crippen molar-refractivity contribution >= 4 is 22.8 Å². The number of para-hydroxylation sites is 1. The number of methoxy groups -OCH3 is 1. The maximum atomic E-state index is 13.4. The average molecular weight is 462 g/mol. The number of esters is 1. The fourth-order valence-electron chi connectivity index (χ4n) is 5.17. The van der Waals surface area contributed by atoms with Crippen LogP contribution in [0.2, 0.25) is 0 Å². The lowest BCUT2D eigenvalue weighted by atomic mass is 9.96. The fourth-order valence-corrected chi connectivity index (χ4v) is 5.17. The van der Waals surface area contributed by atoms with Crippen LogP contribution in [0.1, 0.15) is 49.1 Å². The van der Waals surface area contributed by atoms with Gasteiger partial charge in [0, 0.05) is 43.1 Å². The minimum absolute atomic E-state index is 0.0347. The molecular formula is C26H27N3O5. The number of cyclic esters (lactones) is 1. The molecule has 0 saturated carbocycles. The van der Waals surface area contributed by atoms with Crippen LogP contribution in [0.4, 0.5) is 0 Å². The second kappa shape index (κ2) is 8.36. The van der Waals surface area contributed by atoms with Crippen molar-refractivity contribution in [2.24, 2.45) is 0 Å². The van der Waals surface area contributed by atoms with Crippen LogP contribution in [0, 0.1) is 0 Å². The molecule has 0 radical (unpaired) electrons. The first-order valence-corrected chi connectivity index (χ1v) is 11.5. The number of carbonyl (C=O) groups excluding carboxylic acids is 2. The first kappa shape index (κ1) is 22.3. The molecule has 0 bridgehead atoms. The highest BCUT2D eigenvalue weighted by Crippen LogP contribution is 2.38. The van der Waals surface area contributed by atoms with Crippen molar-refractivity contribution in [1.82, 2.24) is 14.5 Å². The maximum Gasteiger partial charge on any atom is 0.340 e. The van der Waals surface area contributed by atoms with Crippen molar-refractivity contribution in [3.05, 3.63) is 62.9 Å². The van der Waals surface area contributed by atoms with Gasteiger partial charge < -0.3 is 18.9 Å². The molecule has 2 aromatic heterocycles. The SMILES string of the molecule is CO[C@@H]1C(=O)OCc2c1cc1n(c2=O)Cc2c-1nc1ccccc1c2CCN(C(C)=O)C(C)C. The minimum atomic E-state index is -0.929. The third-order valence-corrected chi connectivity index (χ3v) is 6.83. The number of ether oxygens (including phenoxy) is 2. The van der Waals surface area contributed by atoms with E-state index in [-0.39, 0.29) is 24.1 Å². The highest BCUT2D eigenvalue weighted by molar-refractivity contribution is 5.88. The predicted octanol–water partition coefficient (Wildman–Crippen LogP) is 2.97. The van der Waals surface area contributed by atoms with E-state index in [9.17, 15) is 14.4 Å². The first-order valence-electron chi connectivity index (χ1n) is 11.5. The normalized spacial score (nSPS) is 16.3. The van der Waals surface area contributed by atoms with Crippen molar-refractivity contribution < 1.29 is 19.1 Å². The monoisotopic (exact) mass is 461 g/mol. The summed E-state index contributed by atoms with van der Waals surface area (Å²) in [6.07, 6.45) is -0.282. The molecule has 1 atom stereocenters. The van der Waals surface area contributed by atoms with Gasteiger partial charge >= 0.3 is 5.97 Å². The lowest BCUT2D eigenvalue weighted by Crippen LogP contribution is -2.36. The molecule has 176 valence electrons. The van der Waals surface area contributed by atoms with E-state index < -0.39 is 12.1 Å². The van der Waals surface area contributed by atoms with E-state index in [0.29, 0.717) is 36.3 Å². The van der Waals surface area contributed by atoms with Gasteiger partial charge in [0.25, 0.3) is 5.56 Å². The molecule has 0 fully saturated rings. The van der Waals surface area contributed by atoms with Crippen molar-refractivity contribution in [2.45, 2.75) is 52.5 Å². The van der Waals surface area contributed by atoms with Crippen molar-refractivity contribution in [3.8, 4) is 11.4 Å². The molecular weight excluding hydrogens is 434 g/mol. The third kappa shape index (κ3) is 3.40. The number of amides is 1. The van der Waals surface area contributed by atoms with Gasteiger partial charge in [-0.3, -0.25) is 9.59 Å². The van der Waals surface area contributed by atoms with Crippen LogP contribution in [0.3, 0.4) is 0 Å². The molecule has 8 heteroatoms. The van der Waals surface area contributed by atoms with Gasteiger partial charge in [-0.25, -0.2) is 9.78 Å². The summed E-state index contributed by atoms with van der Waals surface area (Å²) in [7, 11) is 1.43. The second-order valence-electron chi connectivity index (χ2n) is 9.07. The van der Waals surface area contributed by atoms with E-state index in [0.717, 1.165) is 27.7 Å². The van der Waals surface area contributed by atoms with E-state index in [1.54, 1.807) is 11.5 Å². The quantitative estimate of drug-likeness (QED) is 0.425. The largest absolute Gasteiger partial charge is 0.458 e. The summed E-state index contributed by atoms with van der Waals surface area (Å²) >= 11 is 0. The van der Waals surface area contributed by atoms with Gasteiger partial charge in [-0.1, -0.05) is 18.2 Å². The van der Waals surface area contributed by atoms with E-state index >= 15 is 0 Å². The molecule has 2 aliphatic rings. The Kier molecular flexibility index (Phi) is 5.48. The van der Waals surface area contributed by atoms with E-state index in [4.69, 9.17) is 14.5 Å². The van der Waals surface area contributed by atoms with Crippen LogP contribution in [-0.4, -0.2) is 46.0 Å². The predicted molar refractivity (Wildman–Crippen MR) is 126 cm³/mol. The highest BCUT2D eigenvalue weighted by Gasteiger charge is 2.35. The summed E-state index contributed by atoms with van der Waals surface area (Å²) < 4.78 is 12.3. The lowest BCUT2D eigenvalue weighted by molar-refractivity contribution is -0.159. The summed E-state index contributed by atoms with van der Waals surface area (Å²) in [4.78, 5) is 44.6. The van der Waals surface area contributed by atoms with Crippen LogP contribution >= 0.6 is 0 Å². The summed E-state index contributed by atoms with van der Waals surface area (Å²) in [5.41, 5.74) is 5.10. The van der Waals surface area contributed by atoms with Gasteiger partial charge in [0.15, 0.2) is 6.10 Å². The molecule has 0 saturated heterocycles. The van der Waals surface area contributed by atoms with Crippen LogP contribution in [0.15, 0.2) is 35.1 Å². The number of hydrogen-bond donors (Lipinski definition) is 0. The Morgan fingerprint density at radius 3 is 2.74 bits per heavy atom. The Bertz CT molecular complexity index is 1390. The lowest BCUT2D eigenvalue weighted by Gasteiger charge is -2.26. The number of carbonyl (C=O) groups is 2. The molecule has 0 unspecified atom stereocenters. The van der Waals surface area contributed by atoms with Gasteiger partial charge in [-0.15, -0.1) is 0 Å². The molecule has 1 amide bonds. The molecule has 8 nitrogen and oxygen atoms in total. The topological polar surface area (TPSA) is 90.7 Å². The van der Waals surface area contributed by atoms with Crippen LogP contribution in [0.25, 0.3) is 22.3 Å². The Morgan fingerprint density at radius 2 is 2.03 bits per heavy atom. The molecule has 5 rings (SSSR count). The van der Waals surface area contributed by atoms with Crippen LogP contribution < -0.4 is 5.56 Å². The Morgan fingerprint density at radius 1 is 1.26 bits per heavy atom. The molecule has 0 spiro atoms. The standard InChI is InChI=1S/C26H27N3O5/c1-14(2)28(15(3)30)10-9-16-17-7-5-6-8-21(17)27-23-19(16)12-29-22(23)11-18-20(25(29)31)13-34-26(32)24(18)33-4/h5-8,11,14,24H,9-10,12-13H2,1-4H3/t24-/m0/s1. The minimum Gasteiger partial charge on any atom is -0.458 e. The number of aromatic nitrogens is 2. The third-order valence-electron chi connectivity index (χ3n) is 6.83. The van der Waals surface area contributed by atoms with E-state index in [1.807, 2.05) is 49.1 Å². The van der Waals surface area contributed by atoms with Gasteiger partial charge in [0.05, 0.1) is 29.0 Å². The summed E-state index contributed by atoms with van der Waals surface area (Å²) in [6.45, 7) is 6.50. The van der Waals surface area contributed by atoms with Gasteiger partial charge in [-0.2, -0.15) is 0 Å². The number of rotatable bonds is 5. The first-order chi connectivity index (χ1) is 16.3. The number of nitrogens with zero attached hydrogens (tertiary/aromatic N) is 3. The molecule has 0 aliphatic carbocycles. The Hall–Kier alpha value is -3.52. The number of fused-ring (bicyclic) bond motifs is 5. The number of benzene rings is 1. The van der Waals surface area contributed by atoms with Crippen LogP contribution in [0.5, 0.6) is 0 Å². The smallest absolute Gasteiger partial charge is 0.340 e. The maximum absolute atomic E-state index is 13.4. The van der Waals surface area contributed by atoms with E-state index in [2.05, 4.69) is 0 Å². The fraction of sp³-hybridized carbons (Fsp3) is 0.385. The molecule has 1 aromatic carbocycles. The van der Waals surface area contributed by atoms with Gasteiger partial charge in [-0.05, 0) is 38.0 Å². The number of pyridine rings is 2. The molecule has 2 aliphatic heterocycles. The zero-order valence-corrected chi connectivity index (χ0v) is 19.8. The zero-order valence-electron chi connectivity index (χ0n) is 19.8. The summed E-state index contributed by atoms with van der Waals surface area (Å²) in [6, 6.07) is 9.85.